The van der Waals surface area contributed by atoms with E-state index in [0.29, 0.717) is 16.5 Å². The van der Waals surface area contributed by atoms with Crippen molar-refractivity contribution >= 4 is 58.2 Å². The Balaban J connectivity index is 0.00000289. The molecule has 1 amide bonds. The summed E-state index contributed by atoms with van der Waals surface area (Å²) >= 11 is 7.66. The number of halogens is 2. The number of aryl methyl sites for hydroxylation is 1. The number of thioether (sulfide) groups is 1. The number of carbonyl (C=O) groups excluding carboxylic acids is 1. The van der Waals surface area contributed by atoms with Crippen LogP contribution >= 0.6 is 35.8 Å². The number of amides is 1. The third kappa shape index (κ3) is 5.22. The van der Waals surface area contributed by atoms with Gasteiger partial charge in [0, 0.05) is 29.6 Å². The molecule has 4 rings (SSSR count). The molecule has 2 aromatic rings. The molecule has 0 unspecified atom stereocenters. The fourth-order valence-electron chi connectivity index (χ4n) is 3.81. The maximum atomic E-state index is 11.4. The molecule has 0 fully saturated rings. The van der Waals surface area contributed by atoms with Crippen molar-refractivity contribution in [3.63, 3.8) is 0 Å². The molecule has 2 aliphatic rings. The fraction of sp³-hybridized carbons (Fsp3) is 0.348. The van der Waals surface area contributed by atoms with Crippen molar-refractivity contribution in [3.8, 4) is 5.75 Å². The van der Waals surface area contributed by atoms with Gasteiger partial charge in [0.1, 0.15) is 11.6 Å². The van der Waals surface area contributed by atoms with Gasteiger partial charge < -0.3 is 9.64 Å². The molecule has 170 valence electrons. The van der Waals surface area contributed by atoms with Crippen LogP contribution < -0.4 is 15.1 Å². The maximum Gasteiger partial charge on any atom is 0.299 e. The summed E-state index contributed by atoms with van der Waals surface area (Å²) in [6.45, 7) is 5.03. The Kier molecular flexibility index (Phi) is 8.09. The van der Waals surface area contributed by atoms with Gasteiger partial charge in [0.15, 0.2) is 0 Å². The number of hydrogen-bond donors (Lipinski definition) is 1. The molecule has 0 aliphatic carbocycles. The molecule has 1 N–H and O–H groups in total. The molecule has 2 aromatic carbocycles. The van der Waals surface area contributed by atoms with E-state index in [4.69, 9.17) is 21.3 Å². The molecule has 0 saturated heterocycles. The topological polar surface area (TPSA) is 66.3 Å². The van der Waals surface area contributed by atoms with Gasteiger partial charge in [-0.15, -0.1) is 12.4 Å². The average Bonchev–Trinajstić information content (AvgIpc) is 2.77. The van der Waals surface area contributed by atoms with Crippen molar-refractivity contribution in [1.29, 1.82) is 0 Å². The van der Waals surface area contributed by atoms with E-state index in [1.54, 1.807) is 7.11 Å². The number of fused-ring (bicyclic) bond motifs is 1. The first-order valence-electron chi connectivity index (χ1n) is 10.3. The first-order chi connectivity index (χ1) is 15.0. The number of aliphatic imine (C=N–C) groups is 1. The highest BCUT2D eigenvalue weighted by molar-refractivity contribution is 8.14. The van der Waals surface area contributed by atoms with E-state index in [-0.39, 0.29) is 23.7 Å². The van der Waals surface area contributed by atoms with Gasteiger partial charge in [0.05, 0.1) is 17.8 Å². The van der Waals surface area contributed by atoms with Crippen LogP contribution in [-0.4, -0.2) is 42.2 Å². The standard InChI is InChI=1S/C23H25ClN4O2S.ClH/c1-14(2)25-22(17-7-9-21(30-3)18(24)12-17)28-10-4-5-16-11-15(6-8-20(16)28)19-13-31-23(29)27-26-19;/h6-9,11-12,14H,4-5,10,13H2,1-3H3,(H,27,29);1H. The normalized spacial score (nSPS) is 16.2. The highest BCUT2D eigenvalue weighted by Crippen LogP contribution is 2.32. The van der Waals surface area contributed by atoms with Crippen molar-refractivity contribution in [1.82, 2.24) is 5.43 Å². The lowest BCUT2D eigenvalue weighted by molar-refractivity contribution is 0.261. The van der Waals surface area contributed by atoms with Crippen LogP contribution in [0.3, 0.4) is 0 Å². The highest BCUT2D eigenvalue weighted by Gasteiger charge is 2.24. The molecule has 0 aromatic heterocycles. The van der Waals surface area contributed by atoms with Gasteiger partial charge in [-0.05, 0) is 68.1 Å². The van der Waals surface area contributed by atoms with Gasteiger partial charge in [-0.3, -0.25) is 9.79 Å². The number of nitrogens with one attached hydrogen (secondary N) is 1. The lowest BCUT2D eigenvalue weighted by atomic mass is 9.97. The largest absolute Gasteiger partial charge is 0.495 e. The fourth-order valence-corrected chi connectivity index (χ4v) is 4.67. The second kappa shape index (κ2) is 10.6. The quantitative estimate of drug-likeness (QED) is 0.449. The molecular formula is C23H26Cl2N4O2S. The number of carbonyl (C=O) groups is 1. The minimum Gasteiger partial charge on any atom is -0.495 e. The Labute approximate surface area is 203 Å². The minimum absolute atomic E-state index is 0. The van der Waals surface area contributed by atoms with E-state index < -0.39 is 0 Å². The molecule has 0 atom stereocenters. The number of ether oxygens (including phenoxy) is 1. The number of methoxy groups -OCH3 is 1. The van der Waals surface area contributed by atoms with E-state index in [2.05, 4.69) is 47.5 Å². The lowest BCUT2D eigenvalue weighted by Crippen LogP contribution is -2.37. The summed E-state index contributed by atoms with van der Waals surface area (Å²) in [5.41, 5.74) is 7.86. The van der Waals surface area contributed by atoms with Gasteiger partial charge in [0.2, 0.25) is 0 Å². The van der Waals surface area contributed by atoms with Crippen LogP contribution in [0.2, 0.25) is 5.02 Å². The molecule has 32 heavy (non-hydrogen) atoms. The van der Waals surface area contributed by atoms with Crippen LogP contribution in [0, 0.1) is 0 Å². The third-order valence-electron chi connectivity index (χ3n) is 5.20. The van der Waals surface area contributed by atoms with Crippen LogP contribution in [0.4, 0.5) is 10.5 Å². The third-order valence-corrected chi connectivity index (χ3v) is 6.27. The van der Waals surface area contributed by atoms with E-state index >= 15 is 0 Å². The lowest BCUT2D eigenvalue weighted by Gasteiger charge is -2.33. The first-order valence-corrected chi connectivity index (χ1v) is 11.6. The van der Waals surface area contributed by atoms with Crippen LogP contribution in [0.15, 0.2) is 46.5 Å². The summed E-state index contributed by atoms with van der Waals surface area (Å²) < 4.78 is 5.32. The van der Waals surface area contributed by atoms with Gasteiger partial charge >= 0.3 is 0 Å². The molecule has 0 spiro atoms. The predicted molar refractivity (Wildman–Crippen MR) is 137 cm³/mol. The smallest absolute Gasteiger partial charge is 0.299 e. The van der Waals surface area contributed by atoms with Crippen molar-refractivity contribution in [2.45, 2.75) is 32.7 Å². The molecule has 9 heteroatoms. The van der Waals surface area contributed by atoms with Crippen LogP contribution in [0.25, 0.3) is 0 Å². The Hall–Kier alpha value is -2.22. The Morgan fingerprint density at radius 2 is 2.09 bits per heavy atom. The predicted octanol–water partition coefficient (Wildman–Crippen LogP) is 5.54. The molecule has 6 nitrogen and oxygen atoms in total. The summed E-state index contributed by atoms with van der Waals surface area (Å²) in [6, 6.07) is 12.3. The number of hydrogen-bond acceptors (Lipinski definition) is 5. The highest BCUT2D eigenvalue weighted by atomic mass is 35.5. The SMILES string of the molecule is COc1ccc(C(=NC(C)C)N2CCCc3cc(C4=NNC(=O)SC4)ccc32)cc1Cl.Cl. The van der Waals surface area contributed by atoms with Gasteiger partial charge in [-0.2, -0.15) is 5.10 Å². The minimum atomic E-state index is -0.111. The van der Waals surface area contributed by atoms with Gasteiger partial charge in [-0.1, -0.05) is 29.4 Å². The second-order valence-electron chi connectivity index (χ2n) is 7.74. The zero-order chi connectivity index (χ0) is 22.0. The first kappa shape index (κ1) is 24.4. The summed E-state index contributed by atoms with van der Waals surface area (Å²) in [4.78, 5) is 18.6. The van der Waals surface area contributed by atoms with E-state index in [1.165, 1.54) is 17.3 Å². The Morgan fingerprint density at radius 3 is 2.75 bits per heavy atom. The van der Waals surface area contributed by atoms with Crippen LogP contribution in [0.1, 0.15) is 37.0 Å². The summed E-state index contributed by atoms with van der Waals surface area (Å²) in [6.07, 6.45) is 2.01. The zero-order valence-electron chi connectivity index (χ0n) is 18.2. The number of nitrogens with zero attached hydrogens (tertiary/aromatic N) is 3. The summed E-state index contributed by atoms with van der Waals surface area (Å²) in [7, 11) is 1.61. The van der Waals surface area contributed by atoms with Crippen LogP contribution in [-0.2, 0) is 6.42 Å². The second-order valence-corrected chi connectivity index (χ2v) is 9.10. The van der Waals surface area contributed by atoms with Gasteiger partial charge in [0.25, 0.3) is 5.24 Å². The van der Waals surface area contributed by atoms with Gasteiger partial charge in [-0.25, -0.2) is 5.43 Å². The molecule has 0 radical (unpaired) electrons. The molecule has 0 saturated carbocycles. The maximum absolute atomic E-state index is 11.4. The number of hydrazone groups is 1. The van der Waals surface area contributed by atoms with Crippen molar-refractivity contribution < 1.29 is 9.53 Å². The molecular weight excluding hydrogens is 467 g/mol. The Bertz CT molecular complexity index is 1070. The van der Waals surface area contributed by atoms with Crippen molar-refractivity contribution in [3.05, 3.63) is 58.1 Å². The average molecular weight is 493 g/mol. The summed E-state index contributed by atoms with van der Waals surface area (Å²) in [5.74, 6) is 2.14. The van der Waals surface area contributed by atoms with Crippen LogP contribution in [0.5, 0.6) is 5.75 Å². The number of amidine groups is 1. The zero-order valence-corrected chi connectivity index (χ0v) is 20.6. The van der Waals surface area contributed by atoms with Crippen molar-refractivity contribution in [2.24, 2.45) is 10.1 Å². The van der Waals surface area contributed by atoms with E-state index in [9.17, 15) is 4.79 Å². The summed E-state index contributed by atoms with van der Waals surface area (Å²) in [5, 5.41) is 4.69. The van der Waals surface area contributed by atoms with E-state index in [1.807, 2.05) is 18.2 Å². The number of benzene rings is 2. The monoisotopic (exact) mass is 492 g/mol. The number of rotatable bonds is 4. The molecule has 0 bridgehead atoms. The molecule has 2 heterocycles. The Morgan fingerprint density at radius 1 is 1.28 bits per heavy atom. The number of anilines is 1. The molecule has 2 aliphatic heterocycles. The van der Waals surface area contributed by atoms with E-state index in [0.717, 1.165) is 47.7 Å². The van der Waals surface area contributed by atoms with Crippen molar-refractivity contribution in [2.75, 3.05) is 24.3 Å².